The summed E-state index contributed by atoms with van der Waals surface area (Å²) in [4.78, 5) is 14.4. The number of hydrogen-bond donors (Lipinski definition) is 1. The van der Waals surface area contributed by atoms with Gasteiger partial charge in [0.15, 0.2) is 11.6 Å². The van der Waals surface area contributed by atoms with Crippen molar-refractivity contribution in [2.24, 2.45) is 0 Å². The third kappa shape index (κ3) is 5.84. The van der Waals surface area contributed by atoms with Crippen molar-refractivity contribution in [1.82, 2.24) is 10.2 Å². The van der Waals surface area contributed by atoms with Gasteiger partial charge in [-0.05, 0) is 48.6 Å². The molecule has 0 atom stereocenters. The fraction of sp³-hybridized carbons (Fsp3) is 0.381. The second-order valence-electron chi connectivity index (χ2n) is 6.96. The van der Waals surface area contributed by atoms with Crippen LogP contribution in [0, 0.1) is 11.6 Å². The monoisotopic (exact) mass is 436 g/mol. The number of nitrogens with one attached hydrogen (secondary N) is 1. The predicted octanol–water partition coefficient (Wildman–Crippen LogP) is 4.44. The van der Waals surface area contributed by atoms with Crippen molar-refractivity contribution < 1.29 is 13.6 Å². The lowest BCUT2D eigenvalue weighted by Crippen LogP contribution is -2.44. The van der Waals surface area contributed by atoms with Gasteiger partial charge in [0.1, 0.15) is 0 Å². The van der Waals surface area contributed by atoms with Crippen molar-refractivity contribution in [3.05, 3.63) is 69.7 Å². The zero-order chi connectivity index (χ0) is 19.2. The molecule has 2 aromatic carbocycles. The summed E-state index contributed by atoms with van der Waals surface area (Å²) in [5.74, 6) is -1.55. The van der Waals surface area contributed by atoms with E-state index in [4.69, 9.17) is 0 Å². The Morgan fingerprint density at radius 3 is 2.56 bits per heavy atom. The molecule has 3 nitrogen and oxygen atoms in total. The van der Waals surface area contributed by atoms with Crippen LogP contribution >= 0.6 is 15.9 Å². The zero-order valence-corrected chi connectivity index (χ0v) is 16.6. The minimum absolute atomic E-state index is 0.0739. The molecule has 1 heterocycles. The fourth-order valence-electron chi connectivity index (χ4n) is 3.38. The maximum atomic E-state index is 13.3. The topological polar surface area (TPSA) is 32.3 Å². The summed E-state index contributed by atoms with van der Waals surface area (Å²) in [7, 11) is 0. The number of rotatable bonds is 6. The summed E-state index contributed by atoms with van der Waals surface area (Å²) in [6.07, 6.45) is 2.91. The fourth-order valence-corrected chi connectivity index (χ4v) is 3.86. The van der Waals surface area contributed by atoms with Crippen LogP contribution in [0.15, 0.2) is 46.9 Å². The first kappa shape index (κ1) is 20.0. The maximum absolute atomic E-state index is 13.3. The van der Waals surface area contributed by atoms with Crippen molar-refractivity contribution in [1.29, 1.82) is 0 Å². The molecule has 0 radical (unpaired) electrons. The van der Waals surface area contributed by atoms with Crippen LogP contribution in [0.2, 0.25) is 0 Å². The second kappa shape index (κ2) is 9.42. The lowest BCUT2D eigenvalue weighted by atomic mass is 10.0. The normalized spacial score (nSPS) is 15.7. The van der Waals surface area contributed by atoms with Crippen molar-refractivity contribution in [2.45, 2.75) is 38.3 Å². The lowest BCUT2D eigenvalue weighted by Gasteiger charge is -2.32. The summed E-state index contributed by atoms with van der Waals surface area (Å²) in [6, 6.07) is 12.2. The molecule has 1 saturated heterocycles. The smallest absolute Gasteiger partial charge is 0.220 e. The van der Waals surface area contributed by atoms with Crippen LogP contribution in [0.1, 0.15) is 30.4 Å². The molecule has 144 valence electrons. The van der Waals surface area contributed by atoms with Gasteiger partial charge in [0, 0.05) is 36.6 Å². The summed E-state index contributed by atoms with van der Waals surface area (Å²) >= 11 is 3.51. The van der Waals surface area contributed by atoms with Crippen LogP contribution in [-0.4, -0.2) is 29.9 Å². The van der Waals surface area contributed by atoms with Gasteiger partial charge in [0.05, 0.1) is 0 Å². The lowest BCUT2D eigenvalue weighted by molar-refractivity contribution is -0.122. The first-order valence-corrected chi connectivity index (χ1v) is 9.99. The third-order valence-corrected chi connectivity index (χ3v) is 5.70. The maximum Gasteiger partial charge on any atom is 0.220 e. The Labute approximate surface area is 166 Å². The highest BCUT2D eigenvalue weighted by Crippen LogP contribution is 2.18. The number of carbonyl (C=O) groups is 1. The first-order chi connectivity index (χ1) is 13.0. The molecule has 0 saturated carbocycles. The number of halogens is 3. The highest BCUT2D eigenvalue weighted by atomic mass is 79.9. The van der Waals surface area contributed by atoms with Gasteiger partial charge in [0.2, 0.25) is 5.91 Å². The molecule has 0 aliphatic carbocycles. The zero-order valence-electron chi connectivity index (χ0n) is 15.1. The molecule has 1 fully saturated rings. The van der Waals surface area contributed by atoms with Crippen molar-refractivity contribution in [3.63, 3.8) is 0 Å². The molecule has 3 rings (SSSR count). The van der Waals surface area contributed by atoms with Gasteiger partial charge >= 0.3 is 0 Å². The van der Waals surface area contributed by atoms with E-state index < -0.39 is 11.6 Å². The van der Waals surface area contributed by atoms with Crippen LogP contribution in [0.4, 0.5) is 8.78 Å². The molecular formula is C21H23BrF2N2O. The average Bonchev–Trinajstić information content (AvgIpc) is 2.66. The molecule has 0 spiro atoms. The van der Waals surface area contributed by atoms with Crippen molar-refractivity contribution in [2.75, 3.05) is 13.1 Å². The van der Waals surface area contributed by atoms with Crippen LogP contribution < -0.4 is 5.32 Å². The minimum Gasteiger partial charge on any atom is -0.353 e. The van der Waals surface area contributed by atoms with Crippen LogP contribution in [0.3, 0.4) is 0 Å². The van der Waals surface area contributed by atoms with Gasteiger partial charge in [0.25, 0.3) is 0 Å². The van der Waals surface area contributed by atoms with E-state index in [1.165, 1.54) is 12.1 Å². The molecule has 27 heavy (non-hydrogen) atoms. The van der Waals surface area contributed by atoms with Gasteiger partial charge in [-0.25, -0.2) is 8.78 Å². The Kier molecular flexibility index (Phi) is 6.96. The summed E-state index contributed by atoms with van der Waals surface area (Å²) in [6.45, 7) is 2.25. The van der Waals surface area contributed by atoms with E-state index in [-0.39, 0.29) is 11.9 Å². The Morgan fingerprint density at radius 2 is 1.85 bits per heavy atom. The van der Waals surface area contributed by atoms with E-state index in [2.05, 4.69) is 26.1 Å². The van der Waals surface area contributed by atoms with Crippen molar-refractivity contribution in [3.8, 4) is 0 Å². The van der Waals surface area contributed by atoms with Crippen LogP contribution in [0.5, 0.6) is 0 Å². The van der Waals surface area contributed by atoms with E-state index in [9.17, 15) is 13.6 Å². The molecule has 6 heteroatoms. The predicted molar refractivity (Wildman–Crippen MR) is 105 cm³/mol. The minimum atomic E-state index is -0.817. The van der Waals surface area contributed by atoms with Gasteiger partial charge in [-0.2, -0.15) is 0 Å². The number of hydrogen-bond acceptors (Lipinski definition) is 2. The number of benzene rings is 2. The van der Waals surface area contributed by atoms with Gasteiger partial charge in [-0.1, -0.05) is 40.2 Å². The van der Waals surface area contributed by atoms with Crippen LogP contribution in [-0.2, 0) is 17.8 Å². The van der Waals surface area contributed by atoms with Gasteiger partial charge < -0.3 is 5.32 Å². The Hall–Kier alpha value is -1.79. The molecular weight excluding hydrogens is 414 g/mol. The van der Waals surface area contributed by atoms with Crippen LogP contribution in [0.25, 0.3) is 0 Å². The molecule has 1 aliphatic rings. The van der Waals surface area contributed by atoms with Crippen molar-refractivity contribution >= 4 is 21.8 Å². The molecule has 1 N–H and O–H groups in total. The summed E-state index contributed by atoms with van der Waals surface area (Å²) in [5, 5.41) is 3.12. The Bertz CT molecular complexity index is 792. The molecule has 1 amide bonds. The number of amides is 1. The largest absolute Gasteiger partial charge is 0.353 e. The summed E-state index contributed by atoms with van der Waals surface area (Å²) < 4.78 is 27.4. The Morgan fingerprint density at radius 1 is 1.11 bits per heavy atom. The summed E-state index contributed by atoms with van der Waals surface area (Å²) in [5.41, 5.74) is 1.90. The van der Waals surface area contributed by atoms with E-state index in [1.807, 2.05) is 24.3 Å². The average molecular weight is 437 g/mol. The molecule has 1 aliphatic heterocycles. The van der Waals surface area contributed by atoms with E-state index in [0.717, 1.165) is 41.5 Å². The number of nitrogens with zero attached hydrogens (tertiary/aromatic N) is 1. The Balaban J connectivity index is 1.40. The quantitative estimate of drug-likeness (QED) is 0.725. The van der Waals surface area contributed by atoms with E-state index >= 15 is 0 Å². The number of aryl methyl sites for hydroxylation is 1. The number of likely N-dealkylation sites (tertiary alicyclic amines) is 1. The van der Waals surface area contributed by atoms with Gasteiger partial charge in [-0.15, -0.1) is 0 Å². The number of carbonyl (C=O) groups excluding carboxylic acids is 1. The molecule has 2 aromatic rings. The molecule has 0 unspecified atom stereocenters. The van der Waals surface area contributed by atoms with Gasteiger partial charge in [-0.3, -0.25) is 9.69 Å². The third-order valence-electron chi connectivity index (χ3n) is 4.92. The van der Waals surface area contributed by atoms with E-state index in [0.29, 0.717) is 19.4 Å². The highest BCUT2D eigenvalue weighted by molar-refractivity contribution is 9.10. The molecule has 0 bridgehead atoms. The van der Waals surface area contributed by atoms with E-state index in [1.54, 1.807) is 6.07 Å². The standard InChI is InChI=1S/C21H23BrF2N2O/c22-18-4-2-1-3-16(18)6-8-21(27)25-17-9-11-26(12-10-17)14-15-5-7-19(23)20(24)13-15/h1-5,7,13,17H,6,8-12,14H2,(H,25,27). The number of piperidine rings is 1. The highest BCUT2D eigenvalue weighted by Gasteiger charge is 2.21. The first-order valence-electron chi connectivity index (χ1n) is 9.20. The second-order valence-corrected chi connectivity index (χ2v) is 7.81. The SMILES string of the molecule is O=C(CCc1ccccc1Br)NC1CCN(Cc2ccc(F)c(F)c2)CC1. The molecule has 0 aromatic heterocycles.